The van der Waals surface area contributed by atoms with Gasteiger partial charge in [0.05, 0.1) is 4.92 Å². The van der Waals surface area contributed by atoms with Crippen LogP contribution in [0.4, 0.5) is 14.9 Å². The van der Waals surface area contributed by atoms with Crippen molar-refractivity contribution in [2.45, 2.75) is 32.8 Å². The van der Waals surface area contributed by atoms with Crippen LogP contribution in [0.15, 0.2) is 12.1 Å². The molecule has 104 valence electrons. The highest BCUT2D eigenvalue weighted by Gasteiger charge is 2.25. The molecule has 0 bridgehead atoms. The first-order valence-corrected chi connectivity index (χ1v) is 5.46. The summed E-state index contributed by atoms with van der Waals surface area (Å²) in [5.74, 6) is -0.950. The second-order valence-corrected chi connectivity index (χ2v) is 5.02. The molecule has 0 saturated carbocycles. The van der Waals surface area contributed by atoms with Crippen LogP contribution >= 0.6 is 0 Å². The number of ether oxygens (including phenoxy) is 1. The lowest BCUT2D eigenvalue weighted by Crippen LogP contribution is -2.16. The van der Waals surface area contributed by atoms with Crippen molar-refractivity contribution in [2.75, 3.05) is 0 Å². The van der Waals surface area contributed by atoms with E-state index < -0.39 is 28.0 Å². The predicted molar refractivity (Wildman–Crippen MR) is 64.6 cm³/mol. The monoisotopic (exact) mass is 271 g/mol. The van der Waals surface area contributed by atoms with Crippen LogP contribution in [-0.4, -0.2) is 16.2 Å². The van der Waals surface area contributed by atoms with Gasteiger partial charge in [-0.1, -0.05) is 20.8 Å². The van der Waals surface area contributed by atoms with Gasteiger partial charge in [0, 0.05) is 11.6 Å². The lowest BCUT2D eigenvalue weighted by Gasteiger charge is -2.22. The van der Waals surface area contributed by atoms with Crippen molar-refractivity contribution in [3.63, 3.8) is 0 Å². The largest absolute Gasteiger partial charge is 0.506 e. The molecule has 0 amide bonds. The number of nitro groups is 1. The van der Waals surface area contributed by atoms with Crippen molar-refractivity contribution in [3.05, 3.63) is 39.2 Å². The number of carbonyl (C=O) groups is 1. The SMILES string of the molecule is CC(C)(C)c1cc(F)c([N+](=O)[O-])cc1COC(=O)O. The molecule has 0 aliphatic carbocycles. The fourth-order valence-corrected chi connectivity index (χ4v) is 1.70. The number of nitrogens with zero attached hydrogens (tertiary/aromatic N) is 1. The van der Waals surface area contributed by atoms with E-state index in [1.807, 2.05) is 0 Å². The summed E-state index contributed by atoms with van der Waals surface area (Å²) in [6, 6.07) is 2.07. The van der Waals surface area contributed by atoms with E-state index >= 15 is 0 Å². The Morgan fingerprint density at radius 3 is 2.47 bits per heavy atom. The van der Waals surface area contributed by atoms with Gasteiger partial charge in [-0.25, -0.2) is 4.79 Å². The molecule has 0 aliphatic heterocycles. The van der Waals surface area contributed by atoms with Gasteiger partial charge in [-0.15, -0.1) is 0 Å². The van der Waals surface area contributed by atoms with Gasteiger partial charge in [-0.3, -0.25) is 10.1 Å². The first-order valence-electron chi connectivity index (χ1n) is 5.46. The minimum absolute atomic E-state index is 0.281. The van der Waals surface area contributed by atoms with E-state index in [4.69, 9.17) is 5.11 Å². The number of hydrogen-bond donors (Lipinski definition) is 1. The normalized spacial score (nSPS) is 11.2. The summed E-state index contributed by atoms with van der Waals surface area (Å²) < 4.78 is 18.0. The standard InChI is InChI=1S/C12H14FNO5/c1-12(2,3)8-5-9(13)10(14(17)18)4-7(8)6-19-11(15)16/h4-5H,6H2,1-3H3,(H,15,16). The number of hydrogen-bond acceptors (Lipinski definition) is 4. The molecule has 0 aliphatic rings. The molecule has 7 heteroatoms. The molecular formula is C12H14FNO5. The highest BCUT2D eigenvalue weighted by atomic mass is 19.1. The average molecular weight is 271 g/mol. The van der Waals surface area contributed by atoms with Crippen LogP contribution in [0, 0.1) is 15.9 Å². The Balaban J connectivity index is 3.33. The van der Waals surface area contributed by atoms with Gasteiger partial charge >= 0.3 is 11.8 Å². The lowest BCUT2D eigenvalue weighted by molar-refractivity contribution is -0.387. The summed E-state index contributed by atoms with van der Waals surface area (Å²) in [4.78, 5) is 20.2. The van der Waals surface area contributed by atoms with E-state index in [9.17, 15) is 19.3 Å². The third-order valence-corrected chi connectivity index (χ3v) is 2.53. The Labute approximate surface area is 109 Å². The second-order valence-electron chi connectivity index (χ2n) is 5.02. The summed E-state index contributed by atoms with van der Waals surface area (Å²) in [6.45, 7) is 5.01. The number of rotatable bonds is 3. The van der Waals surface area contributed by atoms with E-state index in [-0.39, 0.29) is 12.2 Å². The quantitative estimate of drug-likeness (QED) is 0.518. The molecule has 1 aromatic carbocycles. The summed E-state index contributed by atoms with van der Waals surface area (Å²) in [5.41, 5.74) is -0.440. The topological polar surface area (TPSA) is 89.7 Å². The van der Waals surface area contributed by atoms with Crippen LogP contribution in [0.1, 0.15) is 31.9 Å². The average Bonchev–Trinajstić information content (AvgIpc) is 2.25. The van der Waals surface area contributed by atoms with E-state index in [2.05, 4.69) is 4.74 Å². The Kier molecular flexibility index (Phi) is 4.08. The van der Waals surface area contributed by atoms with Crippen LogP contribution in [0.2, 0.25) is 0 Å². The summed E-state index contributed by atoms with van der Waals surface area (Å²) in [5, 5.41) is 19.2. The molecular weight excluding hydrogens is 257 g/mol. The van der Waals surface area contributed by atoms with Gasteiger partial charge in [0.2, 0.25) is 5.82 Å². The maximum Gasteiger partial charge on any atom is 0.506 e. The zero-order chi connectivity index (χ0) is 14.8. The molecule has 1 rings (SSSR count). The molecule has 0 aromatic heterocycles. The van der Waals surface area contributed by atoms with Crippen LogP contribution in [0.3, 0.4) is 0 Å². The first kappa shape index (κ1) is 14.9. The molecule has 19 heavy (non-hydrogen) atoms. The highest BCUT2D eigenvalue weighted by molar-refractivity contribution is 5.57. The number of halogens is 1. The fourth-order valence-electron chi connectivity index (χ4n) is 1.70. The second kappa shape index (κ2) is 5.21. The third-order valence-electron chi connectivity index (χ3n) is 2.53. The van der Waals surface area contributed by atoms with Crippen molar-refractivity contribution in [1.82, 2.24) is 0 Å². The zero-order valence-corrected chi connectivity index (χ0v) is 10.8. The fraction of sp³-hybridized carbons (Fsp3) is 0.417. The van der Waals surface area contributed by atoms with Gasteiger partial charge in [0.1, 0.15) is 6.61 Å². The first-order chi connectivity index (χ1) is 8.62. The van der Waals surface area contributed by atoms with E-state index in [0.29, 0.717) is 5.56 Å². The minimum Gasteiger partial charge on any atom is -0.450 e. The van der Waals surface area contributed by atoms with Crippen molar-refractivity contribution < 1.29 is 24.0 Å². The lowest BCUT2D eigenvalue weighted by atomic mass is 9.83. The molecule has 0 spiro atoms. The van der Waals surface area contributed by atoms with Gasteiger partial charge in [-0.05, 0) is 17.0 Å². The Morgan fingerprint density at radius 2 is 2.05 bits per heavy atom. The van der Waals surface area contributed by atoms with Gasteiger partial charge in [0.25, 0.3) is 0 Å². The Morgan fingerprint density at radius 1 is 1.47 bits per heavy atom. The van der Waals surface area contributed by atoms with Crippen molar-refractivity contribution in [3.8, 4) is 0 Å². The number of carboxylic acid groups (broad SMARTS) is 1. The molecule has 0 unspecified atom stereocenters. The summed E-state index contributed by atoms with van der Waals surface area (Å²) in [7, 11) is 0. The van der Waals surface area contributed by atoms with E-state index in [1.54, 1.807) is 20.8 Å². The predicted octanol–water partition coefficient (Wildman–Crippen LogP) is 3.23. The zero-order valence-electron chi connectivity index (χ0n) is 10.8. The van der Waals surface area contributed by atoms with Crippen LogP contribution in [-0.2, 0) is 16.8 Å². The van der Waals surface area contributed by atoms with Gasteiger partial charge < -0.3 is 9.84 Å². The van der Waals surface area contributed by atoms with E-state index in [1.165, 1.54) is 0 Å². The van der Waals surface area contributed by atoms with Crippen molar-refractivity contribution in [1.29, 1.82) is 0 Å². The molecule has 0 saturated heterocycles. The maximum absolute atomic E-state index is 13.6. The molecule has 6 nitrogen and oxygen atoms in total. The number of nitro benzene ring substituents is 1. The molecule has 0 atom stereocenters. The molecule has 0 heterocycles. The number of benzene rings is 1. The van der Waals surface area contributed by atoms with Crippen LogP contribution < -0.4 is 0 Å². The van der Waals surface area contributed by atoms with Crippen molar-refractivity contribution >= 4 is 11.8 Å². The molecule has 0 fully saturated rings. The Bertz CT molecular complexity index is 522. The summed E-state index contributed by atoms with van der Waals surface area (Å²) in [6.07, 6.45) is -1.49. The smallest absolute Gasteiger partial charge is 0.450 e. The van der Waals surface area contributed by atoms with Crippen molar-refractivity contribution in [2.24, 2.45) is 0 Å². The molecule has 0 radical (unpaired) electrons. The van der Waals surface area contributed by atoms with Crippen LogP contribution in [0.5, 0.6) is 0 Å². The van der Waals surface area contributed by atoms with Gasteiger partial charge in [0.15, 0.2) is 0 Å². The van der Waals surface area contributed by atoms with E-state index in [0.717, 1.165) is 12.1 Å². The minimum atomic E-state index is -1.49. The van der Waals surface area contributed by atoms with Gasteiger partial charge in [-0.2, -0.15) is 4.39 Å². The Hall–Kier alpha value is -2.18. The molecule has 1 N–H and O–H groups in total. The summed E-state index contributed by atoms with van der Waals surface area (Å²) >= 11 is 0. The molecule has 1 aromatic rings. The maximum atomic E-state index is 13.6. The highest BCUT2D eigenvalue weighted by Crippen LogP contribution is 2.31. The third kappa shape index (κ3) is 3.64. The van der Waals surface area contributed by atoms with Crippen LogP contribution in [0.25, 0.3) is 0 Å².